The highest BCUT2D eigenvalue weighted by atomic mass is 16.5. The van der Waals surface area contributed by atoms with E-state index in [4.69, 9.17) is 0 Å². The normalized spacial score (nSPS) is 13.2. The largest absolute Gasteiger partial charge is 0.463 e. The predicted octanol–water partition coefficient (Wildman–Crippen LogP) is 1.66. The number of esters is 1. The Morgan fingerprint density at radius 2 is 2.23 bits per heavy atom. The van der Waals surface area contributed by atoms with Crippen molar-refractivity contribution in [2.24, 2.45) is 0 Å². The molecule has 0 aromatic rings. The molecule has 1 unspecified atom stereocenters. The van der Waals surface area contributed by atoms with Gasteiger partial charge in [-0.05, 0) is 19.4 Å². The highest BCUT2D eigenvalue weighted by Gasteiger charge is 1.99. The number of rotatable bonds is 6. The summed E-state index contributed by atoms with van der Waals surface area (Å²) in [5.41, 5.74) is 0. The van der Waals surface area contributed by atoms with Crippen LogP contribution in [0.3, 0.4) is 0 Å². The molecule has 1 N–H and O–H groups in total. The lowest BCUT2D eigenvalue weighted by molar-refractivity contribution is -0.137. The fourth-order valence-corrected chi connectivity index (χ4v) is 0.890. The van der Waals surface area contributed by atoms with Gasteiger partial charge in [0.05, 0.1) is 12.7 Å². The van der Waals surface area contributed by atoms with Crippen molar-refractivity contribution in [3.63, 3.8) is 0 Å². The summed E-state index contributed by atoms with van der Waals surface area (Å²) < 4.78 is 4.66. The van der Waals surface area contributed by atoms with Crippen LogP contribution in [0.25, 0.3) is 0 Å². The Bertz CT molecular complexity index is 164. The molecule has 0 saturated carbocycles. The van der Waals surface area contributed by atoms with Gasteiger partial charge in [0.15, 0.2) is 0 Å². The van der Waals surface area contributed by atoms with Crippen LogP contribution in [0.5, 0.6) is 0 Å². The smallest absolute Gasteiger partial charge is 0.330 e. The van der Waals surface area contributed by atoms with Crippen molar-refractivity contribution in [2.75, 3.05) is 6.61 Å². The van der Waals surface area contributed by atoms with Crippen molar-refractivity contribution in [1.29, 1.82) is 0 Å². The van der Waals surface area contributed by atoms with Crippen molar-refractivity contribution in [3.05, 3.63) is 12.2 Å². The first-order valence-electron chi connectivity index (χ1n) is 4.73. The third-order valence-corrected chi connectivity index (χ3v) is 1.59. The third-order valence-electron chi connectivity index (χ3n) is 1.59. The second-order valence-electron chi connectivity index (χ2n) is 2.82. The second kappa shape index (κ2) is 7.80. The lowest BCUT2D eigenvalue weighted by Gasteiger charge is -2.02. The van der Waals surface area contributed by atoms with E-state index in [9.17, 15) is 9.90 Å². The van der Waals surface area contributed by atoms with E-state index in [0.29, 0.717) is 13.0 Å². The van der Waals surface area contributed by atoms with E-state index in [-0.39, 0.29) is 0 Å². The number of carbonyl (C=O) groups is 1. The van der Waals surface area contributed by atoms with Crippen LogP contribution in [-0.4, -0.2) is 23.8 Å². The summed E-state index contributed by atoms with van der Waals surface area (Å²) in [6.07, 6.45) is 4.95. The topological polar surface area (TPSA) is 46.5 Å². The lowest BCUT2D eigenvalue weighted by atomic mass is 10.1. The summed E-state index contributed by atoms with van der Waals surface area (Å²) in [5.74, 6) is -0.391. The van der Waals surface area contributed by atoms with Gasteiger partial charge in [0.25, 0.3) is 0 Å². The minimum Gasteiger partial charge on any atom is -0.463 e. The van der Waals surface area contributed by atoms with E-state index in [1.165, 1.54) is 12.2 Å². The Morgan fingerprint density at radius 3 is 2.77 bits per heavy atom. The zero-order valence-electron chi connectivity index (χ0n) is 8.32. The number of unbranched alkanes of at least 4 members (excludes halogenated alkanes) is 1. The molecule has 0 rings (SSSR count). The van der Waals surface area contributed by atoms with Crippen LogP contribution in [0.1, 0.15) is 33.1 Å². The van der Waals surface area contributed by atoms with E-state index in [1.54, 1.807) is 6.92 Å². The minimum atomic E-state index is -0.524. The maximum Gasteiger partial charge on any atom is 0.330 e. The Kier molecular flexibility index (Phi) is 7.30. The van der Waals surface area contributed by atoms with Crippen LogP contribution in [0.15, 0.2) is 12.2 Å². The average Bonchev–Trinajstić information content (AvgIpc) is 2.12. The van der Waals surface area contributed by atoms with Gasteiger partial charge in [-0.25, -0.2) is 4.79 Å². The number of ether oxygens (including phenoxy) is 1. The molecule has 0 spiro atoms. The maximum absolute atomic E-state index is 10.8. The molecule has 0 aliphatic heterocycles. The van der Waals surface area contributed by atoms with Gasteiger partial charge in [-0.15, -0.1) is 0 Å². The van der Waals surface area contributed by atoms with E-state index < -0.39 is 12.1 Å². The molecule has 0 aromatic carbocycles. The fourth-order valence-electron chi connectivity index (χ4n) is 0.890. The zero-order chi connectivity index (χ0) is 10.1. The van der Waals surface area contributed by atoms with Gasteiger partial charge < -0.3 is 9.84 Å². The van der Waals surface area contributed by atoms with Gasteiger partial charge in [-0.2, -0.15) is 0 Å². The summed E-state index contributed by atoms with van der Waals surface area (Å²) in [6.45, 7) is 4.18. The Hall–Kier alpha value is -0.830. The summed E-state index contributed by atoms with van der Waals surface area (Å²) in [4.78, 5) is 10.8. The van der Waals surface area contributed by atoms with E-state index >= 15 is 0 Å². The number of aliphatic hydroxyl groups excluding tert-OH is 1. The molecular weight excluding hydrogens is 168 g/mol. The van der Waals surface area contributed by atoms with E-state index in [0.717, 1.165) is 12.8 Å². The fraction of sp³-hybridized carbons (Fsp3) is 0.700. The Labute approximate surface area is 79.4 Å². The zero-order valence-corrected chi connectivity index (χ0v) is 8.32. The molecule has 0 saturated heterocycles. The average molecular weight is 186 g/mol. The molecule has 3 nitrogen and oxygen atoms in total. The number of hydrogen-bond acceptors (Lipinski definition) is 3. The SMILES string of the molecule is CCCCC(O)/C=C/C(=O)OCC. The molecule has 13 heavy (non-hydrogen) atoms. The van der Waals surface area contributed by atoms with Gasteiger partial charge >= 0.3 is 5.97 Å². The van der Waals surface area contributed by atoms with E-state index in [2.05, 4.69) is 11.7 Å². The molecule has 0 aromatic heterocycles. The Balaban J connectivity index is 3.62. The molecule has 0 fully saturated rings. The monoisotopic (exact) mass is 186 g/mol. The van der Waals surface area contributed by atoms with Crippen LogP contribution >= 0.6 is 0 Å². The molecular formula is C10H18O3. The number of aliphatic hydroxyl groups is 1. The minimum absolute atomic E-state index is 0.369. The summed E-state index contributed by atoms with van der Waals surface area (Å²) in [5, 5.41) is 9.30. The summed E-state index contributed by atoms with van der Waals surface area (Å²) >= 11 is 0. The van der Waals surface area contributed by atoms with Gasteiger partial charge in [-0.3, -0.25) is 0 Å². The predicted molar refractivity (Wildman–Crippen MR) is 51.3 cm³/mol. The Morgan fingerprint density at radius 1 is 1.54 bits per heavy atom. The number of carbonyl (C=O) groups excluding carboxylic acids is 1. The first-order valence-corrected chi connectivity index (χ1v) is 4.73. The molecule has 0 bridgehead atoms. The van der Waals surface area contributed by atoms with Crippen LogP contribution in [0.4, 0.5) is 0 Å². The van der Waals surface area contributed by atoms with Crippen molar-refractivity contribution < 1.29 is 14.6 Å². The maximum atomic E-state index is 10.8. The summed E-state index contributed by atoms with van der Waals surface area (Å²) in [6, 6.07) is 0. The van der Waals surface area contributed by atoms with Crippen LogP contribution in [0.2, 0.25) is 0 Å². The quantitative estimate of drug-likeness (QED) is 0.507. The van der Waals surface area contributed by atoms with Gasteiger partial charge in [0.1, 0.15) is 0 Å². The van der Waals surface area contributed by atoms with Gasteiger partial charge in [0, 0.05) is 6.08 Å². The lowest BCUT2D eigenvalue weighted by Crippen LogP contribution is -2.05. The van der Waals surface area contributed by atoms with Gasteiger partial charge in [0.2, 0.25) is 0 Å². The first-order chi connectivity index (χ1) is 6.20. The van der Waals surface area contributed by atoms with Crippen molar-refractivity contribution in [1.82, 2.24) is 0 Å². The highest BCUT2D eigenvalue weighted by Crippen LogP contribution is 2.01. The van der Waals surface area contributed by atoms with Crippen LogP contribution < -0.4 is 0 Å². The molecule has 76 valence electrons. The molecule has 1 atom stereocenters. The molecule has 0 aliphatic rings. The standard InChI is InChI=1S/C10H18O3/c1-3-5-6-9(11)7-8-10(12)13-4-2/h7-9,11H,3-6H2,1-2H3/b8-7+. The van der Waals surface area contributed by atoms with Crippen LogP contribution in [-0.2, 0) is 9.53 Å². The molecule has 3 heteroatoms. The molecule has 0 heterocycles. The van der Waals surface area contributed by atoms with E-state index in [1.807, 2.05) is 0 Å². The van der Waals surface area contributed by atoms with Crippen molar-refractivity contribution >= 4 is 5.97 Å². The molecule has 0 radical (unpaired) electrons. The van der Waals surface area contributed by atoms with Crippen molar-refractivity contribution in [3.8, 4) is 0 Å². The first kappa shape index (κ1) is 12.2. The van der Waals surface area contributed by atoms with Crippen LogP contribution in [0, 0.1) is 0 Å². The molecule has 0 aliphatic carbocycles. The third kappa shape index (κ3) is 7.53. The number of hydrogen-bond donors (Lipinski definition) is 1. The van der Waals surface area contributed by atoms with Gasteiger partial charge in [-0.1, -0.05) is 19.8 Å². The molecule has 0 amide bonds. The highest BCUT2D eigenvalue weighted by molar-refractivity contribution is 5.81. The second-order valence-corrected chi connectivity index (χ2v) is 2.82. The summed E-state index contributed by atoms with van der Waals surface area (Å²) in [7, 11) is 0. The van der Waals surface area contributed by atoms with Crippen molar-refractivity contribution in [2.45, 2.75) is 39.2 Å².